The van der Waals surface area contributed by atoms with Crippen LogP contribution in [0.1, 0.15) is 32.6 Å². The van der Waals surface area contributed by atoms with Gasteiger partial charge in [0.25, 0.3) is 0 Å². The molecule has 4 aliphatic carbocycles. The second-order valence-electron chi connectivity index (χ2n) is 7.20. The first-order valence-corrected chi connectivity index (χ1v) is 8.34. The molecule has 1 N–H and O–H groups in total. The maximum Gasteiger partial charge on any atom is 0.326 e. The number of carbonyl (C=O) groups excluding carboxylic acids is 2. The molecule has 0 radical (unpaired) electrons. The van der Waals surface area contributed by atoms with Gasteiger partial charge in [0, 0.05) is 0 Å². The van der Waals surface area contributed by atoms with Crippen molar-refractivity contribution in [3.05, 3.63) is 12.2 Å². The Morgan fingerprint density at radius 3 is 2.23 bits per heavy atom. The molecule has 1 saturated heterocycles. The molecule has 1 aliphatic heterocycles. The van der Waals surface area contributed by atoms with Crippen LogP contribution in [-0.2, 0) is 14.4 Å². The average Bonchev–Trinajstić information content (AvgIpc) is 3.27. The van der Waals surface area contributed by atoms with Crippen LogP contribution < -0.4 is 0 Å². The summed E-state index contributed by atoms with van der Waals surface area (Å²) in [5.74, 6) is -0.710. The van der Waals surface area contributed by atoms with Crippen LogP contribution in [0.25, 0.3) is 0 Å². The van der Waals surface area contributed by atoms with Gasteiger partial charge in [0.15, 0.2) is 0 Å². The van der Waals surface area contributed by atoms with Crippen LogP contribution in [0.15, 0.2) is 12.2 Å². The largest absolute Gasteiger partial charge is 0.480 e. The van der Waals surface area contributed by atoms with E-state index in [9.17, 15) is 19.5 Å². The Kier molecular flexibility index (Phi) is 2.97. The molecule has 2 saturated carbocycles. The van der Waals surface area contributed by atoms with Crippen LogP contribution >= 0.6 is 0 Å². The summed E-state index contributed by atoms with van der Waals surface area (Å²) in [6.45, 7) is 1.98. The molecular weight excluding hydrogens is 282 g/mol. The number of carbonyl (C=O) groups is 3. The highest BCUT2D eigenvalue weighted by molar-refractivity contribution is 6.08. The zero-order valence-corrected chi connectivity index (χ0v) is 12.6. The summed E-state index contributed by atoms with van der Waals surface area (Å²) >= 11 is 0. The first-order chi connectivity index (χ1) is 10.6. The van der Waals surface area contributed by atoms with E-state index in [-0.39, 0.29) is 35.5 Å². The van der Waals surface area contributed by atoms with E-state index in [2.05, 4.69) is 12.2 Å². The number of rotatable bonds is 5. The minimum Gasteiger partial charge on any atom is -0.480 e. The SMILES string of the molecule is CCCC[C@H](C(=O)O)N1C(=O)[C@@H]2[C@@H]3C=C[C@H]([C@H]4C[C@@H]34)[C@@H]2C1=O. The normalized spacial score (nSPS) is 42.3. The Bertz CT molecular complexity index is 547. The molecule has 0 aromatic carbocycles. The molecule has 2 amide bonds. The molecule has 0 spiro atoms. The number of allylic oxidation sites excluding steroid dienone is 2. The average molecular weight is 303 g/mol. The second kappa shape index (κ2) is 4.67. The summed E-state index contributed by atoms with van der Waals surface area (Å²) in [5, 5.41) is 9.48. The zero-order valence-electron chi connectivity index (χ0n) is 12.6. The number of carboxylic acid groups (broad SMARTS) is 1. The van der Waals surface area contributed by atoms with Crippen molar-refractivity contribution in [2.24, 2.45) is 35.5 Å². The Morgan fingerprint density at radius 1 is 1.23 bits per heavy atom. The molecule has 5 aliphatic rings. The smallest absolute Gasteiger partial charge is 0.326 e. The van der Waals surface area contributed by atoms with E-state index in [0.717, 1.165) is 17.7 Å². The maximum absolute atomic E-state index is 12.8. The minimum atomic E-state index is -1.06. The lowest BCUT2D eigenvalue weighted by molar-refractivity contribution is -0.155. The van der Waals surface area contributed by atoms with Gasteiger partial charge in [0.2, 0.25) is 11.8 Å². The van der Waals surface area contributed by atoms with E-state index in [1.54, 1.807) is 0 Å². The van der Waals surface area contributed by atoms with Gasteiger partial charge in [-0.2, -0.15) is 0 Å². The summed E-state index contributed by atoms with van der Waals surface area (Å²) in [4.78, 5) is 38.3. The monoisotopic (exact) mass is 303 g/mol. The number of hydrogen-bond acceptors (Lipinski definition) is 3. The fourth-order valence-electron chi connectivity index (χ4n) is 5.05. The summed E-state index contributed by atoms with van der Waals surface area (Å²) in [6.07, 6.45) is 7.25. The van der Waals surface area contributed by atoms with Gasteiger partial charge in [-0.3, -0.25) is 14.5 Å². The third-order valence-electron chi connectivity index (χ3n) is 6.12. The number of carboxylic acids is 1. The topological polar surface area (TPSA) is 74.7 Å². The summed E-state index contributed by atoms with van der Waals surface area (Å²) in [7, 11) is 0. The summed E-state index contributed by atoms with van der Waals surface area (Å²) < 4.78 is 0. The Morgan fingerprint density at radius 2 is 1.77 bits per heavy atom. The van der Waals surface area contributed by atoms with Gasteiger partial charge in [0.1, 0.15) is 6.04 Å². The molecule has 0 aromatic rings. The van der Waals surface area contributed by atoms with Crippen molar-refractivity contribution in [1.29, 1.82) is 0 Å². The lowest BCUT2D eigenvalue weighted by atomic mass is 9.63. The fraction of sp³-hybridized carbons (Fsp3) is 0.706. The lowest BCUT2D eigenvalue weighted by Gasteiger charge is -2.37. The van der Waals surface area contributed by atoms with Crippen LogP contribution in [0.5, 0.6) is 0 Å². The van der Waals surface area contributed by atoms with Crippen molar-refractivity contribution < 1.29 is 19.5 Å². The number of imide groups is 1. The molecule has 5 heteroatoms. The van der Waals surface area contributed by atoms with Gasteiger partial charge in [-0.25, -0.2) is 4.79 Å². The summed E-state index contributed by atoms with van der Waals surface area (Å²) in [6, 6.07) is -0.985. The molecule has 118 valence electrons. The number of unbranched alkanes of at least 4 members (excludes halogenated alkanes) is 1. The zero-order chi connectivity index (χ0) is 15.6. The highest BCUT2D eigenvalue weighted by atomic mass is 16.4. The highest BCUT2D eigenvalue weighted by Crippen LogP contribution is 2.65. The molecule has 5 nitrogen and oxygen atoms in total. The number of likely N-dealkylation sites (tertiary alicyclic amines) is 1. The molecule has 22 heavy (non-hydrogen) atoms. The van der Waals surface area contributed by atoms with E-state index < -0.39 is 12.0 Å². The van der Waals surface area contributed by atoms with Gasteiger partial charge < -0.3 is 5.11 Å². The number of nitrogens with zero attached hydrogens (tertiary/aromatic N) is 1. The van der Waals surface area contributed by atoms with Gasteiger partial charge in [-0.05, 0) is 36.5 Å². The van der Waals surface area contributed by atoms with Crippen molar-refractivity contribution in [3.63, 3.8) is 0 Å². The van der Waals surface area contributed by atoms with Crippen LogP contribution in [-0.4, -0.2) is 33.8 Å². The first-order valence-electron chi connectivity index (χ1n) is 8.34. The summed E-state index contributed by atoms with van der Waals surface area (Å²) in [5.41, 5.74) is 0. The molecule has 2 bridgehead atoms. The molecule has 5 rings (SSSR count). The highest BCUT2D eigenvalue weighted by Gasteiger charge is 2.67. The molecule has 3 fully saturated rings. The second-order valence-corrected chi connectivity index (χ2v) is 7.20. The van der Waals surface area contributed by atoms with E-state index in [4.69, 9.17) is 0 Å². The van der Waals surface area contributed by atoms with Crippen molar-refractivity contribution >= 4 is 17.8 Å². The maximum atomic E-state index is 12.8. The molecule has 1 heterocycles. The number of amides is 2. The fourth-order valence-corrected chi connectivity index (χ4v) is 5.05. The quantitative estimate of drug-likeness (QED) is 0.619. The lowest BCUT2D eigenvalue weighted by Crippen LogP contribution is -2.45. The first kappa shape index (κ1) is 14.0. The van der Waals surface area contributed by atoms with Crippen molar-refractivity contribution in [2.45, 2.75) is 38.6 Å². The van der Waals surface area contributed by atoms with Crippen molar-refractivity contribution in [2.75, 3.05) is 0 Å². The number of aliphatic carboxylic acids is 1. The third kappa shape index (κ3) is 1.68. The van der Waals surface area contributed by atoms with Gasteiger partial charge in [-0.15, -0.1) is 0 Å². The van der Waals surface area contributed by atoms with Crippen molar-refractivity contribution in [1.82, 2.24) is 4.90 Å². The van der Waals surface area contributed by atoms with E-state index in [1.807, 2.05) is 6.92 Å². The van der Waals surface area contributed by atoms with Gasteiger partial charge in [0.05, 0.1) is 11.8 Å². The predicted octanol–water partition coefficient (Wildman–Crippen LogP) is 1.68. The Hall–Kier alpha value is -1.65. The minimum absolute atomic E-state index is 0.155. The molecule has 0 aromatic heterocycles. The van der Waals surface area contributed by atoms with Gasteiger partial charge in [-0.1, -0.05) is 31.9 Å². The van der Waals surface area contributed by atoms with Crippen molar-refractivity contribution in [3.8, 4) is 0 Å². The molecule has 7 atom stereocenters. The number of hydrogen-bond donors (Lipinski definition) is 1. The van der Waals surface area contributed by atoms with Crippen LogP contribution in [0, 0.1) is 35.5 Å². The Balaban J connectivity index is 1.65. The van der Waals surface area contributed by atoms with E-state index >= 15 is 0 Å². The standard InChI is InChI=1S/C17H21NO4/c1-2-3-4-12(17(21)22)18-15(19)13-8-5-6-9(11-7-10(8)11)14(13)16(18)20/h5-6,8-14H,2-4,7H2,1H3,(H,21,22)/t8-,9-,10-,11+,12-,13+,14-/m1/s1. The van der Waals surface area contributed by atoms with Gasteiger partial charge >= 0.3 is 5.97 Å². The Labute approximate surface area is 129 Å². The predicted molar refractivity (Wildman–Crippen MR) is 77.5 cm³/mol. The van der Waals surface area contributed by atoms with E-state index in [1.165, 1.54) is 0 Å². The van der Waals surface area contributed by atoms with Crippen LogP contribution in [0.2, 0.25) is 0 Å². The molecule has 0 unspecified atom stereocenters. The van der Waals surface area contributed by atoms with Crippen LogP contribution in [0.3, 0.4) is 0 Å². The third-order valence-corrected chi connectivity index (χ3v) is 6.12. The molecular formula is C17H21NO4. The van der Waals surface area contributed by atoms with E-state index in [0.29, 0.717) is 24.7 Å². The van der Waals surface area contributed by atoms with Crippen LogP contribution in [0.4, 0.5) is 0 Å².